The molecular formula is C21H19F2NO4. The van der Waals surface area contributed by atoms with E-state index in [1.165, 1.54) is 18.2 Å². The summed E-state index contributed by atoms with van der Waals surface area (Å²) in [4.78, 5) is 13.0. The van der Waals surface area contributed by atoms with Crippen LogP contribution in [0.1, 0.15) is 21.9 Å². The number of ether oxygens (including phenoxy) is 1. The predicted molar refractivity (Wildman–Crippen MR) is 101 cm³/mol. The monoisotopic (exact) mass is 387 g/mol. The number of benzene rings is 2. The molecule has 0 bridgehead atoms. The van der Waals surface area contributed by atoms with Crippen LogP contribution in [0, 0.1) is 6.92 Å². The molecule has 7 heteroatoms. The van der Waals surface area contributed by atoms with Gasteiger partial charge in [0.05, 0.1) is 0 Å². The van der Waals surface area contributed by atoms with Gasteiger partial charge in [-0.2, -0.15) is 8.78 Å². The van der Waals surface area contributed by atoms with Crippen molar-refractivity contribution in [2.75, 3.05) is 11.9 Å². The highest BCUT2D eigenvalue weighted by molar-refractivity contribution is 5.84. The van der Waals surface area contributed by atoms with E-state index in [0.717, 1.165) is 22.4 Å². The number of furan rings is 1. The number of carboxylic acids is 1. The molecule has 0 fully saturated rings. The summed E-state index contributed by atoms with van der Waals surface area (Å²) in [7, 11) is 1.90. The van der Waals surface area contributed by atoms with Gasteiger partial charge in [-0.05, 0) is 48.4 Å². The second-order valence-corrected chi connectivity index (χ2v) is 6.30. The molecule has 0 saturated carbocycles. The Hall–Kier alpha value is -3.35. The number of alkyl halides is 2. The Morgan fingerprint density at radius 2 is 1.68 bits per heavy atom. The van der Waals surface area contributed by atoms with Crippen molar-refractivity contribution in [3.05, 3.63) is 71.7 Å². The Kier molecular flexibility index (Phi) is 5.63. The van der Waals surface area contributed by atoms with Gasteiger partial charge in [0.2, 0.25) is 5.76 Å². The maximum atomic E-state index is 12.2. The highest BCUT2D eigenvalue weighted by atomic mass is 19.3. The van der Waals surface area contributed by atoms with Crippen molar-refractivity contribution in [3.63, 3.8) is 0 Å². The molecule has 0 spiro atoms. The lowest BCUT2D eigenvalue weighted by atomic mass is 10.0. The summed E-state index contributed by atoms with van der Waals surface area (Å²) in [5.74, 6) is -0.472. The van der Waals surface area contributed by atoms with E-state index >= 15 is 0 Å². The Morgan fingerprint density at radius 1 is 1.11 bits per heavy atom. The smallest absolute Gasteiger partial charge is 0.387 e. The van der Waals surface area contributed by atoms with Crippen LogP contribution in [0.2, 0.25) is 0 Å². The zero-order valence-electron chi connectivity index (χ0n) is 15.4. The number of halogens is 2. The van der Waals surface area contributed by atoms with Crippen LogP contribution in [-0.4, -0.2) is 24.7 Å². The number of carbonyl (C=O) groups is 1. The highest BCUT2D eigenvalue weighted by Crippen LogP contribution is 2.26. The molecule has 0 saturated heterocycles. The summed E-state index contributed by atoms with van der Waals surface area (Å²) in [6.45, 7) is -0.604. The van der Waals surface area contributed by atoms with Crippen LogP contribution in [0.25, 0.3) is 11.1 Å². The van der Waals surface area contributed by atoms with Crippen LogP contribution in [0.15, 0.2) is 59.0 Å². The van der Waals surface area contributed by atoms with Crippen molar-refractivity contribution >= 4 is 11.7 Å². The van der Waals surface area contributed by atoms with Crippen LogP contribution in [0.3, 0.4) is 0 Å². The fourth-order valence-corrected chi connectivity index (χ4v) is 2.87. The lowest BCUT2D eigenvalue weighted by Gasteiger charge is -2.19. The van der Waals surface area contributed by atoms with Crippen LogP contribution in [-0.2, 0) is 6.54 Å². The molecular weight excluding hydrogens is 368 g/mol. The van der Waals surface area contributed by atoms with Gasteiger partial charge in [-0.25, -0.2) is 4.79 Å². The minimum Gasteiger partial charge on any atom is -0.475 e. The molecule has 2 aromatic carbocycles. The van der Waals surface area contributed by atoms with E-state index < -0.39 is 12.6 Å². The van der Waals surface area contributed by atoms with E-state index in [0.29, 0.717) is 12.3 Å². The number of aryl methyl sites for hydroxylation is 1. The molecule has 5 nitrogen and oxygen atoms in total. The number of carboxylic acid groups (broad SMARTS) is 1. The first-order chi connectivity index (χ1) is 13.3. The second kappa shape index (κ2) is 8.12. The van der Waals surface area contributed by atoms with Gasteiger partial charge in [0, 0.05) is 24.8 Å². The largest absolute Gasteiger partial charge is 0.475 e. The van der Waals surface area contributed by atoms with Crippen LogP contribution in [0.4, 0.5) is 14.5 Å². The minimum absolute atomic E-state index is 0.0736. The number of nitrogens with zero attached hydrogens (tertiary/aromatic N) is 1. The average Bonchev–Trinajstić information content (AvgIpc) is 3.03. The molecule has 0 amide bonds. The summed E-state index contributed by atoms with van der Waals surface area (Å²) < 4.78 is 34.0. The molecule has 1 aromatic heterocycles. The number of aromatic carboxylic acids is 1. The molecule has 3 aromatic rings. The Bertz CT molecular complexity index is 950. The van der Waals surface area contributed by atoms with Gasteiger partial charge < -0.3 is 19.2 Å². The Morgan fingerprint density at radius 3 is 2.18 bits per heavy atom. The Balaban J connectivity index is 1.70. The minimum atomic E-state index is -2.84. The van der Waals surface area contributed by atoms with Crippen LogP contribution >= 0.6 is 0 Å². The lowest BCUT2D eigenvalue weighted by Crippen LogP contribution is -2.16. The van der Waals surface area contributed by atoms with Gasteiger partial charge in [0.25, 0.3) is 0 Å². The van der Waals surface area contributed by atoms with Gasteiger partial charge in [-0.1, -0.05) is 24.3 Å². The SMILES string of the molecule is Cc1oc(C(=O)O)cc1CN(C)c1ccc(-c2ccc(OC(F)F)cc2)cc1. The van der Waals surface area contributed by atoms with E-state index in [1.54, 1.807) is 19.1 Å². The quantitative estimate of drug-likeness (QED) is 0.604. The third-order valence-electron chi connectivity index (χ3n) is 4.36. The molecule has 0 radical (unpaired) electrons. The molecule has 28 heavy (non-hydrogen) atoms. The molecule has 0 aliphatic rings. The number of anilines is 1. The van der Waals surface area contributed by atoms with Crippen molar-refractivity contribution in [1.82, 2.24) is 0 Å². The van der Waals surface area contributed by atoms with Crippen molar-refractivity contribution in [1.29, 1.82) is 0 Å². The molecule has 3 rings (SSSR count). The van der Waals surface area contributed by atoms with Gasteiger partial charge >= 0.3 is 12.6 Å². The number of hydrogen-bond donors (Lipinski definition) is 1. The summed E-state index contributed by atoms with van der Waals surface area (Å²) >= 11 is 0. The molecule has 0 aliphatic heterocycles. The third kappa shape index (κ3) is 4.49. The summed E-state index contributed by atoms with van der Waals surface area (Å²) in [6, 6.07) is 15.7. The third-order valence-corrected chi connectivity index (χ3v) is 4.36. The van der Waals surface area contributed by atoms with Crippen LogP contribution < -0.4 is 9.64 Å². The van der Waals surface area contributed by atoms with E-state index in [4.69, 9.17) is 9.52 Å². The summed E-state index contributed by atoms with van der Waals surface area (Å²) in [6.07, 6.45) is 0. The lowest BCUT2D eigenvalue weighted by molar-refractivity contribution is -0.0498. The van der Waals surface area contributed by atoms with E-state index in [2.05, 4.69) is 4.74 Å². The molecule has 1 N–H and O–H groups in total. The van der Waals surface area contributed by atoms with E-state index in [9.17, 15) is 13.6 Å². The number of rotatable bonds is 7. The first-order valence-electron chi connectivity index (χ1n) is 8.52. The predicted octanol–water partition coefficient (Wildman–Crippen LogP) is 5.19. The van der Waals surface area contributed by atoms with Crippen molar-refractivity contribution in [2.24, 2.45) is 0 Å². The molecule has 0 atom stereocenters. The maximum absolute atomic E-state index is 12.2. The normalized spacial score (nSPS) is 10.9. The molecule has 0 unspecified atom stereocenters. The van der Waals surface area contributed by atoms with Gasteiger partial charge in [-0.15, -0.1) is 0 Å². The number of hydrogen-bond acceptors (Lipinski definition) is 4. The van der Waals surface area contributed by atoms with Crippen molar-refractivity contribution in [3.8, 4) is 16.9 Å². The fraction of sp³-hybridized carbons (Fsp3) is 0.190. The zero-order valence-corrected chi connectivity index (χ0v) is 15.4. The fourth-order valence-electron chi connectivity index (χ4n) is 2.87. The maximum Gasteiger partial charge on any atom is 0.387 e. The topological polar surface area (TPSA) is 62.9 Å². The highest BCUT2D eigenvalue weighted by Gasteiger charge is 2.14. The first kappa shape index (κ1) is 19.4. The van der Waals surface area contributed by atoms with Crippen LogP contribution in [0.5, 0.6) is 5.75 Å². The summed E-state index contributed by atoms with van der Waals surface area (Å²) in [5.41, 5.74) is 3.57. The first-order valence-corrected chi connectivity index (χ1v) is 8.52. The molecule has 0 aliphatic carbocycles. The second-order valence-electron chi connectivity index (χ2n) is 6.30. The zero-order chi connectivity index (χ0) is 20.3. The van der Waals surface area contributed by atoms with E-state index in [1.807, 2.05) is 36.2 Å². The van der Waals surface area contributed by atoms with Crippen molar-refractivity contribution < 1.29 is 27.8 Å². The van der Waals surface area contributed by atoms with Gasteiger partial charge in [-0.3, -0.25) is 0 Å². The standard InChI is InChI=1S/C21H19F2NO4/c1-13-16(11-19(27-13)20(25)26)12-24(2)17-7-3-14(4-8-17)15-5-9-18(10-6-15)28-21(22)23/h3-11,21H,12H2,1-2H3,(H,25,26). The van der Waals surface area contributed by atoms with Crippen molar-refractivity contribution in [2.45, 2.75) is 20.1 Å². The molecule has 1 heterocycles. The molecule has 146 valence electrons. The van der Waals surface area contributed by atoms with Gasteiger partial charge in [0.15, 0.2) is 0 Å². The Labute approximate surface area is 160 Å². The summed E-state index contributed by atoms with van der Waals surface area (Å²) in [5, 5.41) is 9.02. The van der Waals surface area contributed by atoms with E-state index in [-0.39, 0.29) is 11.5 Å². The van der Waals surface area contributed by atoms with Gasteiger partial charge in [0.1, 0.15) is 11.5 Å². The average molecular weight is 387 g/mol.